The molecule has 5 N–H and O–H groups in total. The zero-order valence-electron chi connectivity index (χ0n) is 9.28. The molecule has 1 amide bonds. The fraction of sp³-hybridized carbons (Fsp3) is 0.875. The van der Waals surface area contributed by atoms with Crippen LogP contribution in [-0.2, 0) is 14.8 Å². The number of carbonyl (C=O) groups is 1. The van der Waals surface area contributed by atoms with Gasteiger partial charge in [-0.15, -0.1) is 0 Å². The number of hydrogen-bond donors (Lipinski definition) is 3. The van der Waals surface area contributed by atoms with E-state index >= 15 is 0 Å². The molecule has 0 aromatic carbocycles. The second kappa shape index (κ2) is 4.91. The van der Waals surface area contributed by atoms with Gasteiger partial charge in [-0.25, -0.2) is 13.1 Å². The number of nitrogens with one attached hydrogen (secondary N) is 1. The largest absolute Gasteiger partial charge is 0.369 e. The van der Waals surface area contributed by atoms with Crippen molar-refractivity contribution >= 4 is 15.9 Å². The van der Waals surface area contributed by atoms with Crippen molar-refractivity contribution in [2.24, 2.45) is 16.9 Å². The standard InChI is InChI=1S/C8H19N3O3S/c1-6(4-9)15(13,14)11-5-8(2,3)7(10)12/h6,11H,4-5,9H2,1-3H3,(H2,10,12). The molecule has 0 spiro atoms. The third-order valence-corrected chi connectivity index (χ3v) is 4.04. The summed E-state index contributed by atoms with van der Waals surface area (Å²) in [5.41, 5.74) is 9.45. The van der Waals surface area contributed by atoms with Crippen LogP contribution >= 0.6 is 0 Å². The predicted octanol–water partition coefficient (Wildman–Crippen LogP) is -1.24. The van der Waals surface area contributed by atoms with Gasteiger partial charge >= 0.3 is 0 Å². The van der Waals surface area contributed by atoms with Crippen LogP contribution in [0.1, 0.15) is 20.8 Å². The van der Waals surface area contributed by atoms with Gasteiger partial charge in [0, 0.05) is 13.1 Å². The number of amides is 1. The average Bonchev–Trinajstić information content (AvgIpc) is 2.13. The Bertz CT molecular complexity index is 324. The van der Waals surface area contributed by atoms with Crippen LogP contribution < -0.4 is 16.2 Å². The number of nitrogens with two attached hydrogens (primary N) is 2. The molecule has 90 valence electrons. The van der Waals surface area contributed by atoms with E-state index in [1.165, 1.54) is 6.92 Å². The Morgan fingerprint density at radius 1 is 1.47 bits per heavy atom. The summed E-state index contributed by atoms with van der Waals surface area (Å²) in [6.07, 6.45) is 0. The van der Waals surface area contributed by atoms with E-state index in [2.05, 4.69) is 4.72 Å². The maximum atomic E-state index is 11.5. The lowest BCUT2D eigenvalue weighted by Crippen LogP contribution is -2.45. The highest BCUT2D eigenvalue weighted by molar-refractivity contribution is 7.90. The highest BCUT2D eigenvalue weighted by Crippen LogP contribution is 2.13. The topological polar surface area (TPSA) is 115 Å². The van der Waals surface area contributed by atoms with Gasteiger partial charge in [-0.05, 0) is 20.8 Å². The zero-order chi connectivity index (χ0) is 12.3. The molecular formula is C8H19N3O3S. The second-order valence-electron chi connectivity index (χ2n) is 4.16. The molecule has 0 fully saturated rings. The van der Waals surface area contributed by atoms with E-state index in [4.69, 9.17) is 11.5 Å². The van der Waals surface area contributed by atoms with Gasteiger partial charge in [0.05, 0.1) is 10.7 Å². The van der Waals surface area contributed by atoms with Crippen LogP contribution in [0.3, 0.4) is 0 Å². The van der Waals surface area contributed by atoms with Crippen LogP contribution in [0.2, 0.25) is 0 Å². The molecule has 15 heavy (non-hydrogen) atoms. The summed E-state index contributed by atoms with van der Waals surface area (Å²) in [6, 6.07) is 0. The molecule has 0 bridgehead atoms. The van der Waals surface area contributed by atoms with E-state index in [0.717, 1.165) is 0 Å². The molecule has 0 aliphatic carbocycles. The second-order valence-corrected chi connectivity index (χ2v) is 6.34. The lowest BCUT2D eigenvalue weighted by molar-refractivity contribution is -0.125. The Morgan fingerprint density at radius 2 is 1.93 bits per heavy atom. The molecule has 0 radical (unpaired) electrons. The third kappa shape index (κ3) is 4.15. The maximum Gasteiger partial charge on any atom is 0.224 e. The number of sulfonamides is 1. The van der Waals surface area contributed by atoms with E-state index in [0.29, 0.717) is 0 Å². The van der Waals surface area contributed by atoms with Gasteiger partial charge in [-0.3, -0.25) is 4.79 Å². The summed E-state index contributed by atoms with van der Waals surface area (Å²) in [5.74, 6) is -0.550. The summed E-state index contributed by atoms with van der Waals surface area (Å²) < 4.78 is 25.3. The summed E-state index contributed by atoms with van der Waals surface area (Å²) in [5, 5.41) is -0.679. The van der Waals surface area contributed by atoms with Crippen molar-refractivity contribution < 1.29 is 13.2 Å². The Labute approximate surface area is 90.4 Å². The summed E-state index contributed by atoms with van der Waals surface area (Å²) in [7, 11) is -3.46. The Balaban J connectivity index is 4.47. The fourth-order valence-electron chi connectivity index (χ4n) is 0.637. The Kier molecular flexibility index (Phi) is 4.69. The number of hydrogen-bond acceptors (Lipinski definition) is 4. The molecule has 6 nitrogen and oxygen atoms in total. The molecule has 1 atom stereocenters. The quantitative estimate of drug-likeness (QED) is 0.536. The molecule has 0 aromatic heterocycles. The van der Waals surface area contributed by atoms with Gasteiger partial charge in [0.25, 0.3) is 0 Å². The fourth-order valence-corrected chi connectivity index (χ4v) is 1.74. The van der Waals surface area contributed by atoms with Gasteiger partial charge in [0.15, 0.2) is 0 Å². The average molecular weight is 237 g/mol. The van der Waals surface area contributed by atoms with Crippen LogP contribution in [0.15, 0.2) is 0 Å². The molecule has 0 saturated heterocycles. The molecule has 1 unspecified atom stereocenters. The molecule has 7 heteroatoms. The first-order valence-corrected chi connectivity index (χ1v) is 6.16. The summed E-state index contributed by atoms with van der Waals surface area (Å²) in [6.45, 7) is 4.66. The Hall–Kier alpha value is -0.660. The maximum absolute atomic E-state index is 11.5. The molecule has 0 aliphatic heterocycles. The lowest BCUT2D eigenvalue weighted by atomic mass is 9.93. The third-order valence-electron chi connectivity index (χ3n) is 2.24. The summed E-state index contributed by atoms with van der Waals surface area (Å²) in [4.78, 5) is 10.9. The minimum absolute atomic E-state index is 0.0188. The Morgan fingerprint density at radius 3 is 2.27 bits per heavy atom. The van der Waals surface area contributed by atoms with E-state index in [-0.39, 0.29) is 13.1 Å². The van der Waals surface area contributed by atoms with E-state index in [9.17, 15) is 13.2 Å². The van der Waals surface area contributed by atoms with Crippen LogP contribution in [0, 0.1) is 5.41 Å². The van der Waals surface area contributed by atoms with Gasteiger partial charge in [0.2, 0.25) is 15.9 Å². The van der Waals surface area contributed by atoms with Gasteiger partial charge in [0.1, 0.15) is 0 Å². The van der Waals surface area contributed by atoms with E-state index in [1.54, 1.807) is 13.8 Å². The first kappa shape index (κ1) is 14.3. The molecule has 0 aliphatic rings. The van der Waals surface area contributed by atoms with Crippen LogP contribution in [0.4, 0.5) is 0 Å². The molecule has 0 heterocycles. The predicted molar refractivity (Wildman–Crippen MR) is 58.4 cm³/mol. The van der Waals surface area contributed by atoms with Crippen molar-refractivity contribution in [1.82, 2.24) is 4.72 Å². The lowest BCUT2D eigenvalue weighted by Gasteiger charge is -2.22. The SMILES string of the molecule is CC(CN)S(=O)(=O)NCC(C)(C)C(N)=O. The zero-order valence-corrected chi connectivity index (χ0v) is 10.1. The number of rotatable bonds is 6. The van der Waals surface area contributed by atoms with Crippen molar-refractivity contribution in [3.8, 4) is 0 Å². The number of carbonyl (C=O) groups excluding carboxylic acids is 1. The number of primary amides is 1. The van der Waals surface area contributed by atoms with Crippen molar-refractivity contribution in [3.63, 3.8) is 0 Å². The molecule has 0 saturated carbocycles. The summed E-state index contributed by atoms with van der Waals surface area (Å²) >= 11 is 0. The van der Waals surface area contributed by atoms with E-state index < -0.39 is 26.6 Å². The molecular weight excluding hydrogens is 218 g/mol. The van der Waals surface area contributed by atoms with Crippen molar-refractivity contribution in [2.75, 3.05) is 13.1 Å². The van der Waals surface area contributed by atoms with Gasteiger partial charge in [-0.2, -0.15) is 0 Å². The monoisotopic (exact) mass is 237 g/mol. The van der Waals surface area contributed by atoms with E-state index in [1.807, 2.05) is 0 Å². The van der Waals surface area contributed by atoms with Crippen LogP contribution in [0.25, 0.3) is 0 Å². The van der Waals surface area contributed by atoms with Crippen molar-refractivity contribution in [3.05, 3.63) is 0 Å². The van der Waals surface area contributed by atoms with Crippen LogP contribution in [-0.4, -0.2) is 32.7 Å². The highest BCUT2D eigenvalue weighted by Gasteiger charge is 2.28. The first-order chi connectivity index (χ1) is 6.63. The first-order valence-electron chi connectivity index (χ1n) is 4.62. The van der Waals surface area contributed by atoms with Gasteiger partial charge < -0.3 is 11.5 Å². The van der Waals surface area contributed by atoms with Crippen LogP contribution in [0.5, 0.6) is 0 Å². The molecule has 0 aromatic rings. The normalized spacial score (nSPS) is 14.9. The minimum Gasteiger partial charge on any atom is -0.369 e. The smallest absolute Gasteiger partial charge is 0.224 e. The van der Waals surface area contributed by atoms with Gasteiger partial charge in [-0.1, -0.05) is 0 Å². The van der Waals surface area contributed by atoms with Crippen molar-refractivity contribution in [2.45, 2.75) is 26.0 Å². The highest BCUT2D eigenvalue weighted by atomic mass is 32.2. The minimum atomic E-state index is -3.46. The molecule has 0 rings (SSSR count). The van der Waals surface area contributed by atoms with Crippen molar-refractivity contribution in [1.29, 1.82) is 0 Å².